The molecule has 1 aliphatic heterocycles. The first kappa shape index (κ1) is 50.2. The van der Waals surface area contributed by atoms with Crippen LogP contribution in [-0.2, 0) is 36.2 Å². The first-order chi connectivity index (χ1) is 28.0. The van der Waals surface area contributed by atoms with Gasteiger partial charge in [0, 0.05) is 31.5 Å². The van der Waals surface area contributed by atoms with Gasteiger partial charge in [-0.3, -0.25) is 9.59 Å². The standard InChI is InChI=1S/C34H45F3N4O10S2.C2HF3O2/c35-22-16-24(37)23(36)13-19(22)12-20(38)14-30(46)41-34(7-10-53(49,50)11-8-34)33-40-25-6-5-21(15-28(25)52-33)51-9-3-1-2-4-29(45)39-17-26(43)31(47)32(48)27(44)18-42;3-2(4,5)1(6)7/h5-6,13,15-16,20,26-27,31-32,42-44,47-48H,1-4,7-12,14,17-18,38H2,(H,39,45)(H,41,46);(H,6,7)/t20-,26+,27-,31-,32+;/m1./s1. The van der Waals surface area contributed by atoms with Gasteiger partial charge >= 0.3 is 12.1 Å². The molecule has 1 fully saturated rings. The summed E-state index contributed by atoms with van der Waals surface area (Å²) >= 11 is 1.27. The lowest BCUT2D eigenvalue weighted by Crippen LogP contribution is -2.51. The lowest BCUT2D eigenvalue weighted by molar-refractivity contribution is -0.192. The van der Waals surface area contributed by atoms with E-state index in [0.717, 1.165) is 4.70 Å². The number of rotatable bonds is 19. The maximum absolute atomic E-state index is 14.2. The second kappa shape index (κ2) is 22.1. The summed E-state index contributed by atoms with van der Waals surface area (Å²) in [6.45, 7) is -0.829. The van der Waals surface area contributed by atoms with Crippen molar-refractivity contribution in [3.05, 3.63) is 58.4 Å². The predicted octanol–water partition coefficient (Wildman–Crippen LogP) is 1.32. The molecule has 4 rings (SSSR count). The zero-order chi connectivity index (χ0) is 45.0. The zero-order valence-electron chi connectivity index (χ0n) is 31.7. The molecule has 2 amide bonds. The minimum absolute atomic E-state index is 0.0652. The first-order valence-corrected chi connectivity index (χ1v) is 20.9. The summed E-state index contributed by atoms with van der Waals surface area (Å²) in [7, 11) is -3.34. The lowest BCUT2D eigenvalue weighted by Gasteiger charge is -2.36. The zero-order valence-corrected chi connectivity index (χ0v) is 33.3. The maximum Gasteiger partial charge on any atom is 0.490 e. The van der Waals surface area contributed by atoms with Crippen LogP contribution in [-0.4, -0.2) is 130 Å². The van der Waals surface area contributed by atoms with Crippen LogP contribution in [0.25, 0.3) is 10.2 Å². The number of carboxylic acid groups (broad SMARTS) is 1. The molecule has 3 aromatic rings. The van der Waals surface area contributed by atoms with Crippen molar-refractivity contribution in [2.75, 3.05) is 31.3 Å². The number of aromatic nitrogens is 1. The molecule has 1 aliphatic rings. The van der Waals surface area contributed by atoms with Gasteiger partial charge in [0.25, 0.3) is 0 Å². The Balaban J connectivity index is 0.00000126. The van der Waals surface area contributed by atoms with Gasteiger partial charge in [-0.25, -0.2) is 31.4 Å². The van der Waals surface area contributed by atoms with Gasteiger partial charge in [-0.05, 0) is 68.4 Å². The van der Waals surface area contributed by atoms with Crippen LogP contribution in [0.2, 0.25) is 0 Å². The van der Waals surface area contributed by atoms with E-state index < -0.39 is 87.9 Å². The third-order valence-corrected chi connectivity index (χ3v) is 12.1. The Morgan fingerprint density at radius 3 is 2.15 bits per heavy atom. The van der Waals surface area contributed by atoms with Gasteiger partial charge in [0.2, 0.25) is 11.8 Å². The Hall–Kier alpha value is -4.17. The summed E-state index contributed by atoms with van der Waals surface area (Å²) in [5, 5.41) is 60.6. The molecule has 2 aromatic carbocycles. The molecule has 0 spiro atoms. The third kappa shape index (κ3) is 15.1. The Kier molecular flexibility index (Phi) is 18.5. The molecule has 0 unspecified atom stereocenters. The topological polar surface area (TPSA) is 279 Å². The van der Waals surface area contributed by atoms with Crippen molar-refractivity contribution < 1.29 is 84.5 Å². The smallest absolute Gasteiger partial charge is 0.490 e. The first-order valence-electron chi connectivity index (χ1n) is 18.3. The number of fused-ring (bicyclic) bond motifs is 1. The van der Waals surface area contributed by atoms with Crippen molar-refractivity contribution in [3.8, 4) is 5.75 Å². The van der Waals surface area contributed by atoms with E-state index in [9.17, 15) is 64.8 Å². The molecule has 1 aromatic heterocycles. The Morgan fingerprint density at radius 1 is 0.917 bits per heavy atom. The summed E-state index contributed by atoms with van der Waals surface area (Å²) in [5.74, 6) is -7.06. The minimum Gasteiger partial charge on any atom is -0.494 e. The molecule has 0 radical (unpaired) electrons. The highest BCUT2D eigenvalue weighted by molar-refractivity contribution is 7.91. The van der Waals surface area contributed by atoms with Crippen LogP contribution in [0.3, 0.4) is 0 Å². The molecule has 336 valence electrons. The van der Waals surface area contributed by atoms with Gasteiger partial charge in [-0.1, -0.05) is 0 Å². The molecular formula is C36H46F6N4O12S2. The van der Waals surface area contributed by atoms with E-state index in [4.69, 9.17) is 30.5 Å². The number of nitrogens with two attached hydrogens (primary N) is 1. The van der Waals surface area contributed by atoms with E-state index in [0.29, 0.717) is 54.3 Å². The molecule has 16 nitrogen and oxygen atoms in total. The number of benzene rings is 2. The molecule has 24 heteroatoms. The van der Waals surface area contributed by atoms with Crippen molar-refractivity contribution in [3.63, 3.8) is 0 Å². The highest BCUT2D eigenvalue weighted by Crippen LogP contribution is 2.39. The molecule has 60 heavy (non-hydrogen) atoms. The van der Waals surface area contributed by atoms with E-state index in [2.05, 4.69) is 10.6 Å². The number of ether oxygens (including phenoxy) is 1. The fraction of sp³-hybridized carbons (Fsp3) is 0.556. The van der Waals surface area contributed by atoms with Crippen LogP contribution in [0.5, 0.6) is 5.75 Å². The van der Waals surface area contributed by atoms with Gasteiger partial charge in [0.1, 0.15) is 34.9 Å². The average molecular weight is 905 g/mol. The van der Waals surface area contributed by atoms with E-state index in [1.807, 2.05) is 0 Å². The summed E-state index contributed by atoms with van der Waals surface area (Å²) in [4.78, 5) is 38.9. The molecule has 2 heterocycles. The summed E-state index contributed by atoms with van der Waals surface area (Å²) in [6.07, 6.45) is -10.3. The molecule has 1 saturated heterocycles. The van der Waals surface area contributed by atoms with E-state index in [1.165, 1.54) is 11.3 Å². The number of thiazole rings is 1. The number of halogens is 6. The fourth-order valence-electron chi connectivity index (χ4n) is 5.85. The fourth-order valence-corrected chi connectivity index (χ4v) is 8.57. The van der Waals surface area contributed by atoms with Crippen molar-refractivity contribution in [2.24, 2.45) is 5.73 Å². The number of nitrogens with zero attached hydrogens (tertiary/aromatic N) is 1. The SMILES string of the molecule is N[C@@H](CC(=O)NC1(c2nc3ccc(OCCCCCC(=O)NC[C@H](O)[C@@H](O)[C@@H](O)[C@H](O)CO)cc3s2)CCS(=O)(=O)CC1)Cc1cc(F)c(F)cc1F.O=C(O)C(F)(F)F. The quantitative estimate of drug-likeness (QED) is 0.0467. The van der Waals surface area contributed by atoms with Gasteiger partial charge in [0.15, 0.2) is 21.5 Å². The van der Waals surface area contributed by atoms with Gasteiger partial charge in [-0.15, -0.1) is 11.3 Å². The van der Waals surface area contributed by atoms with Crippen molar-refractivity contribution in [1.82, 2.24) is 15.6 Å². The number of aliphatic hydroxyl groups is 5. The van der Waals surface area contributed by atoms with Crippen LogP contribution in [0.1, 0.15) is 55.5 Å². The van der Waals surface area contributed by atoms with E-state index in [-0.39, 0.29) is 61.6 Å². The van der Waals surface area contributed by atoms with Crippen LogP contribution in [0.4, 0.5) is 26.3 Å². The second-order valence-electron chi connectivity index (χ2n) is 14.0. The normalized spacial score (nSPS) is 17.3. The van der Waals surface area contributed by atoms with Crippen LogP contribution >= 0.6 is 11.3 Å². The number of unbranched alkanes of at least 4 members (excludes halogenated alkanes) is 2. The Bertz CT molecular complexity index is 2030. The number of carbonyl (C=O) groups excluding carboxylic acids is 2. The number of amides is 2. The number of sulfone groups is 1. The number of hydrogen-bond acceptors (Lipinski definition) is 14. The molecular weight excluding hydrogens is 859 g/mol. The highest BCUT2D eigenvalue weighted by atomic mass is 32.2. The van der Waals surface area contributed by atoms with E-state index in [1.54, 1.807) is 18.2 Å². The Morgan fingerprint density at radius 2 is 1.53 bits per heavy atom. The largest absolute Gasteiger partial charge is 0.494 e. The van der Waals surface area contributed by atoms with Crippen LogP contribution < -0.4 is 21.1 Å². The molecule has 10 N–H and O–H groups in total. The van der Waals surface area contributed by atoms with Gasteiger partial charge in [-0.2, -0.15) is 13.2 Å². The van der Waals surface area contributed by atoms with Crippen LogP contribution in [0.15, 0.2) is 30.3 Å². The van der Waals surface area contributed by atoms with Crippen LogP contribution in [0, 0.1) is 17.5 Å². The number of hydrogen-bond donors (Lipinski definition) is 9. The number of aliphatic hydroxyl groups excluding tert-OH is 5. The molecule has 0 aliphatic carbocycles. The van der Waals surface area contributed by atoms with Gasteiger partial charge in [0.05, 0.1) is 46.6 Å². The van der Waals surface area contributed by atoms with E-state index >= 15 is 0 Å². The number of nitrogens with one attached hydrogen (secondary N) is 2. The molecule has 0 saturated carbocycles. The third-order valence-electron chi connectivity index (χ3n) is 9.24. The predicted molar refractivity (Wildman–Crippen MR) is 202 cm³/mol. The van der Waals surface area contributed by atoms with Crippen molar-refractivity contribution >= 4 is 49.2 Å². The lowest BCUT2D eigenvalue weighted by atomic mass is 9.92. The Labute approximate surface area is 343 Å². The van der Waals surface area contributed by atoms with Gasteiger partial charge < -0.3 is 51.7 Å². The molecule has 0 bridgehead atoms. The summed E-state index contributed by atoms with van der Waals surface area (Å²) in [6, 6.07) is 5.42. The van der Waals surface area contributed by atoms with Crippen molar-refractivity contribution in [1.29, 1.82) is 0 Å². The van der Waals surface area contributed by atoms with Crippen molar-refractivity contribution in [2.45, 2.75) is 93.5 Å². The summed E-state index contributed by atoms with van der Waals surface area (Å²) in [5.41, 5.74) is 5.39. The summed E-state index contributed by atoms with van der Waals surface area (Å²) < 4.78 is 104. The minimum atomic E-state index is -5.08. The highest BCUT2D eigenvalue weighted by Gasteiger charge is 2.43. The maximum atomic E-state index is 14.2. The number of alkyl halides is 3. The number of aliphatic carboxylic acids is 1. The monoisotopic (exact) mass is 904 g/mol. The average Bonchev–Trinajstić information content (AvgIpc) is 3.61. The molecule has 5 atom stereocenters. The number of carboxylic acids is 1. The second-order valence-corrected chi connectivity index (χ2v) is 17.4. The number of carbonyl (C=O) groups is 3.